The van der Waals surface area contributed by atoms with Crippen LogP contribution in [0.15, 0.2) is 46.2 Å². The molecule has 0 saturated heterocycles. The number of aryl methyl sites for hydroxylation is 1. The Balaban J connectivity index is 2.38. The normalized spacial score (nSPS) is 11.8. The first-order valence-electron chi connectivity index (χ1n) is 7.52. The molecule has 0 radical (unpaired) electrons. The molecule has 0 unspecified atom stereocenters. The van der Waals surface area contributed by atoms with Crippen molar-refractivity contribution < 1.29 is 8.42 Å². The zero-order valence-electron chi connectivity index (χ0n) is 13.8. The number of nitrogens with zero attached hydrogens (tertiary/aromatic N) is 4. The molecular weight excluding hydrogens is 326 g/mol. The van der Waals surface area contributed by atoms with Crippen LogP contribution in [0.3, 0.4) is 0 Å². The Kier molecular flexibility index (Phi) is 3.92. The highest BCUT2D eigenvalue weighted by Gasteiger charge is 2.28. The number of anilines is 2. The molecule has 24 heavy (non-hydrogen) atoms. The molecule has 0 bridgehead atoms. The number of hydrogen-bond donors (Lipinski definition) is 1. The van der Waals surface area contributed by atoms with Crippen LogP contribution in [-0.4, -0.2) is 37.1 Å². The largest absolute Gasteiger partial charge is 0.383 e. The summed E-state index contributed by atoms with van der Waals surface area (Å²) in [6.45, 7) is 1.86. The Morgan fingerprint density at radius 3 is 2.46 bits per heavy atom. The van der Waals surface area contributed by atoms with Crippen molar-refractivity contribution in [3.05, 3.63) is 42.1 Å². The first kappa shape index (κ1) is 16.3. The molecule has 0 aliphatic heterocycles. The van der Waals surface area contributed by atoms with Crippen molar-refractivity contribution >= 4 is 27.1 Å². The molecule has 2 N–H and O–H groups in total. The Labute approximate surface area is 140 Å². The van der Waals surface area contributed by atoms with Crippen molar-refractivity contribution in [2.45, 2.75) is 23.1 Å². The van der Waals surface area contributed by atoms with Crippen molar-refractivity contribution in [1.29, 1.82) is 0 Å². The van der Waals surface area contributed by atoms with Gasteiger partial charge in [0.1, 0.15) is 16.5 Å². The first-order valence-corrected chi connectivity index (χ1v) is 9.00. The van der Waals surface area contributed by atoms with Crippen molar-refractivity contribution in [3.63, 3.8) is 0 Å². The van der Waals surface area contributed by atoms with Crippen LogP contribution in [-0.2, 0) is 16.3 Å². The van der Waals surface area contributed by atoms with Crippen LogP contribution >= 0.6 is 0 Å². The lowest BCUT2D eigenvalue weighted by molar-refractivity contribution is 0.595. The summed E-state index contributed by atoms with van der Waals surface area (Å²) in [5.74, 6) is 0.917. The highest BCUT2D eigenvalue weighted by molar-refractivity contribution is 7.91. The molecule has 0 fully saturated rings. The molecule has 0 saturated carbocycles. The number of hydrogen-bond acceptors (Lipinski definition) is 6. The summed E-state index contributed by atoms with van der Waals surface area (Å²) in [5, 5.41) is 4.35. The van der Waals surface area contributed by atoms with E-state index in [2.05, 4.69) is 10.1 Å². The van der Waals surface area contributed by atoms with E-state index in [1.807, 2.05) is 21.0 Å². The molecule has 8 heteroatoms. The molecule has 3 rings (SSSR count). The molecule has 2 aromatic heterocycles. The molecule has 126 valence electrons. The lowest BCUT2D eigenvalue weighted by atomic mass is 10.3. The summed E-state index contributed by atoms with van der Waals surface area (Å²) in [5.41, 5.74) is 6.75. The van der Waals surface area contributed by atoms with Crippen LogP contribution in [0, 0.1) is 0 Å². The molecule has 0 spiro atoms. The standard InChI is InChI=1S/C16H19N5O2S/c1-4-12-15(24(22,23)11-8-6-5-7-9-11)16-18-14(20(2)3)10-13(17)21(16)19-12/h5-10H,4,17H2,1-3H3. The van der Waals surface area contributed by atoms with Crippen molar-refractivity contribution in [1.82, 2.24) is 14.6 Å². The van der Waals surface area contributed by atoms with Gasteiger partial charge in [-0.2, -0.15) is 9.61 Å². The lowest BCUT2D eigenvalue weighted by Crippen LogP contribution is -2.13. The van der Waals surface area contributed by atoms with Gasteiger partial charge in [0, 0.05) is 20.2 Å². The summed E-state index contributed by atoms with van der Waals surface area (Å²) in [6, 6.07) is 9.96. The topological polar surface area (TPSA) is 93.6 Å². The van der Waals surface area contributed by atoms with Gasteiger partial charge in [0.05, 0.1) is 10.6 Å². The zero-order valence-corrected chi connectivity index (χ0v) is 14.6. The Morgan fingerprint density at radius 1 is 1.21 bits per heavy atom. The minimum atomic E-state index is -3.74. The number of rotatable bonds is 4. The third-order valence-corrected chi connectivity index (χ3v) is 5.59. The quantitative estimate of drug-likeness (QED) is 0.774. The predicted molar refractivity (Wildman–Crippen MR) is 93.0 cm³/mol. The van der Waals surface area contributed by atoms with Gasteiger partial charge < -0.3 is 10.6 Å². The second kappa shape index (κ2) is 5.79. The van der Waals surface area contributed by atoms with Gasteiger partial charge in [-0.05, 0) is 18.6 Å². The number of aromatic nitrogens is 3. The van der Waals surface area contributed by atoms with Gasteiger partial charge in [-0.15, -0.1) is 0 Å². The van der Waals surface area contributed by atoms with E-state index in [0.29, 0.717) is 23.8 Å². The maximum atomic E-state index is 13.1. The second-order valence-electron chi connectivity index (χ2n) is 5.61. The third-order valence-electron chi connectivity index (χ3n) is 3.74. The predicted octanol–water partition coefficient (Wildman–Crippen LogP) is 1.77. The van der Waals surface area contributed by atoms with Gasteiger partial charge in [0.15, 0.2) is 5.65 Å². The monoisotopic (exact) mass is 345 g/mol. The molecule has 0 aliphatic carbocycles. The SMILES string of the molecule is CCc1nn2c(N)cc(N(C)C)nc2c1S(=O)(=O)c1ccccc1. The fraction of sp³-hybridized carbons (Fsp3) is 0.250. The molecule has 2 heterocycles. The van der Waals surface area contributed by atoms with Gasteiger partial charge in [-0.1, -0.05) is 25.1 Å². The van der Waals surface area contributed by atoms with Gasteiger partial charge in [-0.3, -0.25) is 0 Å². The second-order valence-corrected chi connectivity index (χ2v) is 7.50. The summed E-state index contributed by atoms with van der Waals surface area (Å²) >= 11 is 0. The minimum Gasteiger partial charge on any atom is -0.383 e. The van der Waals surface area contributed by atoms with Gasteiger partial charge >= 0.3 is 0 Å². The van der Waals surface area contributed by atoms with Crippen molar-refractivity contribution in [3.8, 4) is 0 Å². The minimum absolute atomic E-state index is 0.117. The van der Waals surface area contributed by atoms with Gasteiger partial charge in [0.25, 0.3) is 0 Å². The van der Waals surface area contributed by atoms with Crippen LogP contribution in [0.4, 0.5) is 11.6 Å². The summed E-state index contributed by atoms with van der Waals surface area (Å²) in [7, 11) is -0.104. The Hall–Kier alpha value is -2.61. The van der Waals surface area contributed by atoms with Crippen LogP contribution in [0.25, 0.3) is 5.65 Å². The van der Waals surface area contributed by atoms with E-state index in [0.717, 1.165) is 0 Å². The number of sulfone groups is 1. The van der Waals surface area contributed by atoms with E-state index >= 15 is 0 Å². The summed E-state index contributed by atoms with van der Waals surface area (Å²) < 4.78 is 27.7. The van der Waals surface area contributed by atoms with E-state index in [1.165, 1.54) is 4.52 Å². The lowest BCUT2D eigenvalue weighted by Gasteiger charge is -2.12. The average Bonchev–Trinajstić information content (AvgIpc) is 2.95. The Morgan fingerprint density at radius 2 is 1.88 bits per heavy atom. The Bertz CT molecular complexity index is 994. The van der Waals surface area contributed by atoms with Crippen LogP contribution in [0.5, 0.6) is 0 Å². The molecule has 0 aliphatic rings. The van der Waals surface area contributed by atoms with Crippen LogP contribution < -0.4 is 10.6 Å². The molecular formula is C16H19N5O2S. The molecule has 0 amide bonds. The third kappa shape index (κ3) is 2.48. The van der Waals surface area contributed by atoms with Crippen LogP contribution in [0.1, 0.15) is 12.6 Å². The van der Waals surface area contributed by atoms with E-state index in [4.69, 9.17) is 5.73 Å². The van der Waals surface area contributed by atoms with E-state index in [-0.39, 0.29) is 15.4 Å². The maximum absolute atomic E-state index is 13.1. The molecule has 7 nitrogen and oxygen atoms in total. The highest BCUT2D eigenvalue weighted by atomic mass is 32.2. The highest BCUT2D eigenvalue weighted by Crippen LogP contribution is 2.30. The summed E-state index contributed by atoms with van der Waals surface area (Å²) in [6.07, 6.45) is 0.460. The van der Waals surface area contributed by atoms with E-state index < -0.39 is 9.84 Å². The number of benzene rings is 1. The maximum Gasteiger partial charge on any atom is 0.212 e. The summed E-state index contributed by atoms with van der Waals surface area (Å²) in [4.78, 5) is 6.57. The fourth-order valence-electron chi connectivity index (χ4n) is 2.50. The zero-order chi connectivity index (χ0) is 17.5. The number of fused-ring (bicyclic) bond motifs is 1. The van der Waals surface area contributed by atoms with Crippen molar-refractivity contribution in [2.75, 3.05) is 24.7 Å². The number of nitrogens with two attached hydrogens (primary N) is 1. The van der Waals surface area contributed by atoms with Gasteiger partial charge in [-0.25, -0.2) is 13.4 Å². The fourth-order valence-corrected chi connectivity index (χ4v) is 4.12. The molecule has 1 aromatic carbocycles. The van der Waals surface area contributed by atoms with Crippen molar-refractivity contribution in [2.24, 2.45) is 0 Å². The molecule has 3 aromatic rings. The first-order chi connectivity index (χ1) is 11.4. The number of nitrogen functional groups attached to an aromatic ring is 1. The van der Waals surface area contributed by atoms with E-state index in [1.54, 1.807) is 41.3 Å². The van der Waals surface area contributed by atoms with Gasteiger partial charge in [0.2, 0.25) is 9.84 Å². The average molecular weight is 345 g/mol. The van der Waals surface area contributed by atoms with Crippen LogP contribution in [0.2, 0.25) is 0 Å². The molecule has 0 atom stereocenters. The smallest absolute Gasteiger partial charge is 0.212 e. The van der Waals surface area contributed by atoms with E-state index in [9.17, 15) is 8.42 Å².